The summed E-state index contributed by atoms with van der Waals surface area (Å²) in [6, 6.07) is 8.44. The molecule has 20 heavy (non-hydrogen) atoms. The highest BCUT2D eigenvalue weighted by atomic mass is 15.6. The summed E-state index contributed by atoms with van der Waals surface area (Å²) in [5.41, 5.74) is 2.40. The molecule has 2 rings (SSSR count). The molecule has 6 heteroatoms. The Morgan fingerprint density at radius 3 is 2.60 bits per heavy atom. The van der Waals surface area contributed by atoms with E-state index >= 15 is 0 Å². The molecule has 0 aliphatic heterocycles. The minimum atomic E-state index is 0.722. The van der Waals surface area contributed by atoms with E-state index in [1.54, 1.807) is 0 Å². The highest BCUT2D eigenvalue weighted by Crippen LogP contribution is 2.13. The molecule has 108 valence electrons. The summed E-state index contributed by atoms with van der Waals surface area (Å²) < 4.78 is 1.82. The molecular weight excluding hydrogens is 252 g/mol. The Balaban J connectivity index is 1.93. The van der Waals surface area contributed by atoms with Crippen LogP contribution in [0.4, 0.5) is 11.6 Å². The molecule has 1 N–H and O–H groups in total. The standard InChI is InChI=1S/C14H22N6/c1-4-5-10-20-14(16-17-18-20)15-11-12-6-8-13(9-7-12)19(2)3/h6-9H,4-5,10-11H2,1-3H3,(H,15,16,18). The smallest absolute Gasteiger partial charge is 0.243 e. The van der Waals surface area contributed by atoms with E-state index in [-0.39, 0.29) is 0 Å². The van der Waals surface area contributed by atoms with E-state index in [0.29, 0.717) is 0 Å². The lowest BCUT2D eigenvalue weighted by molar-refractivity contribution is 0.556. The molecular formula is C14H22N6. The van der Waals surface area contributed by atoms with Crippen LogP contribution < -0.4 is 10.2 Å². The van der Waals surface area contributed by atoms with E-state index in [4.69, 9.17) is 0 Å². The molecule has 0 aliphatic rings. The fourth-order valence-electron chi connectivity index (χ4n) is 1.88. The van der Waals surface area contributed by atoms with Crippen LogP contribution in [0, 0.1) is 0 Å². The lowest BCUT2D eigenvalue weighted by Gasteiger charge is -2.13. The average Bonchev–Trinajstić information content (AvgIpc) is 2.90. The summed E-state index contributed by atoms with van der Waals surface area (Å²) in [6.07, 6.45) is 2.21. The second-order valence-electron chi connectivity index (χ2n) is 4.99. The Labute approximate surface area is 119 Å². The Bertz CT molecular complexity index is 517. The molecule has 1 aromatic heterocycles. The number of hydrogen-bond donors (Lipinski definition) is 1. The maximum absolute atomic E-state index is 4.01. The van der Waals surface area contributed by atoms with Crippen LogP contribution in [-0.2, 0) is 13.1 Å². The minimum Gasteiger partial charge on any atom is -0.378 e. The maximum atomic E-state index is 4.01. The van der Waals surface area contributed by atoms with Gasteiger partial charge in [-0.15, -0.1) is 0 Å². The zero-order chi connectivity index (χ0) is 14.4. The van der Waals surface area contributed by atoms with Crippen LogP contribution in [0.1, 0.15) is 25.3 Å². The quantitative estimate of drug-likeness (QED) is 0.838. The van der Waals surface area contributed by atoms with Gasteiger partial charge in [-0.05, 0) is 34.5 Å². The number of aryl methyl sites for hydroxylation is 1. The first-order valence-electron chi connectivity index (χ1n) is 6.97. The van der Waals surface area contributed by atoms with Gasteiger partial charge in [-0.2, -0.15) is 0 Å². The Morgan fingerprint density at radius 1 is 1.20 bits per heavy atom. The summed E-state index contributed by atoms with van der Waals surface area (Å²) >= 11 is 0. The Kier molecular flexibility index (Phi) is 4.92. The van der Waals surface area contributed by atoms with Gasteiger partial charge in [0.1, 0.15) is 0 Å². The van der Waals surface area contributed by atoms with Crippen molar-refractivity contribution in [2.45, 2.75) is 32.9 Å². The van der Waals surface area contributed by atoms with Gasteiger partial charge < -0.3 is 10.2 Å². The Hall–Kier alpha value is -2.11. The van der Waals surface area contributed by atoms with E-state index in [1.165, 1.54) is 11.3 Å². The molecule has 1 heterocycles. The number of unbranched alkanes of at least 4 members (excludes halogenated alkanes) is 1. The van der Waals surface area contributed by atoms with Gasteiger partial charge in [0.05, 0.1) is 0 Å². The largest absolute Gasteiger partial charge is 0.378 e. The summed E-state index contributed by atoms with van der Waals surface area (Å²) in [7, 11) is 4.07. The van der Waals surface area contributed by atoms with E-state index in [2.05, 4.69) is 56.9 Å². The van der Waals surface area contributed by atoms with Gasteiger partial charge in [0.2, 0.25) is 5.95 Å². The van der Waals surface area contributed by atoms with Crippen LogP contribution in [0.3, 0.4) is 0 Å². The zero-order valence-corrected chi connectivity index (χ0v) is 12.4. The van der Waals surface area contributed by atoms with Crippen molar-refractivity contribution in [1.82, 2.24) is 20.2 Å². The predicted octanol–water partition coefficient (Wildman–Crippen LogP) is 2.15. The predicted molar refractivity (Wildman–Crippen MR) is 80.8 cm³/mol. The third-order valence-electron chi connectivity index (χ3n) is 3.16. The number of aromatic nitrogens is 4. The van der Waals surface area contributed by atoms with Crippen LogP contribution in [0.5, 0.6) is 0 Å². The normalized spacial score (nSPS) is 10.6. The van der Waals surface area contributed by atoms with Crippen LogP contribution >= 0.6 is 0 Å². The van der Waals surface area contributed by atoms with Crippen LogP contribution in [0.15, 0.2) is 24.3 Å². The van der Waals surface area contributed by atoms with Crippen molar-refractivity contribution >= 4 is 11.6 Å². The SMILES string of the molecule is CCCCn1nnnc1NCc1ccc(N(C)C)cc1. The molecule has 2 aromatic rings. The van der Waals surface area contributed by atoms with Crippen molar-refractivity contribution in [3.8, 4) is 0 Å². The number of nitrogens with one attached hydrogen (secondary N) is 1. The molecule has 0 saturated carbocycles. The number of benzene rings is 1. The zero-order valence-electron chi connectivity index (χ0n) is 12.4. The first-order chi connectivity index (χ1) is 9.70. The molecule has 0 atom stereocenters. The minimum absolute atomic E-state index is 0.722. The first kappa shape index (κ1) is 14.3. The van der Waals surface area contributed by atoms with E-state index in [9.17, 15) is 0 Å². The fourth-order valence-corrected chi connectivity index (χ4v) is 1.88. The summed E-state index contributed by atoms with van der Waals surface area (Å²) in [5, 5.41) is 15.0. The van der Waals surface area contributed by atoms with Crippen molar-refractivity contribution in [2.75, 3.05) is 24.3 Å². The van der Waals surface area contributed by atoms with E-state index in [1.807, 2.05) is 18.8 Å². The van der Waals surface area contributed by atoms with Gasteiger partial charge in [0.15, 0.2) is 0 Å². The van der Waals surface area contributed by atoms with Gasteiger partial charge in [-0.25, -0.2) is 4.68 Å². The second-order valence-corrected chi connectivity index (χ2v) is 4.99. The highest BCUT2D eigenvalue weighted by molar-refractivity contribution is 5.46. The van der Waals surface area contributed by atoms with E-state index < -0.39 is 0 Å². The number of anilines is 2. The number of tetrazole rings is 1. The molecule has 1 aromatic carbocycles. The molecule has 0 unspecified atom stereocenters. The molecule has 0 bridgehead atoms. The summed E-state index contributed by atoms with van der Waals surface area (Å²) in [5.74, 6) is 0.732. The number of rotatable bonds is 7. The maximum Gasteiger partial charge on any atom is 0.243 e. The van der Waals surface area contributed by atoms with Crippen molar-refractivity contribution < 1.29 is 0 Å². The number of nitrogens with zero attached hydrogens (tertiary/aromatic N) is 5. The van der Waals surface area contributed by atoms with Crippen LogP contribution in [-0.4, -0.2) is 34.3 Å². The van der Waals surface area contributed by atoms with Crippen LogP contribution in [0.25, 0.3) is 0 Å². The second kappa shape index (κ2) is 6.88. The molecule has 0 saturated heterocycles. The van der Waals surface area contributed by atoms with Crippen molar-refractivity contribution in [2.24, 2.45) is 0 Å². The third-order valence-corrected chi connectivity index (χ3v) is 3.16. The topological polar surface area (TPSA) is 58.9 Å². The highest BCUT2D eigenvalue weighted by Gasteiger charge is 2.04. The van der Waals surface area contributed by atoms with Crippen molar-refractivity contribution in [3.63, 3.8) is 0 Å². The fraction of sp³-hybridized carbons (Fsp3) is 0.500. The molecule has 0 aliphatic carbocycles. The van der Waals surface area contributed by atoms with Gasteiger partial charge in [-0.3, -0.25) is 0 Å². The van der Waals surface area contributed by atoms with Gasteiger partial charge in [0, 0.05) is 32.9 Å². The van der Waals surface area contributed by atoms with Gasteiger partial charge in [0.25, 0.3) is 0 Å². The molecule has 0 spiro atoms. The van der Waals surface area contributed by atoms with E-state index in [0.717, 1.165) is 31.9 Å². The third kappa shape index (κ3) is 3.69. The van der Waals surface area contributed by atoms with Gasteiger partial charge in [-0.1, -0.05) is 30.6 Å². The lowest BCUT2D eigenvalue weighted by atomic mass is 10.2. The Morgan fingerprint density at radius 2 is 1.95 bits per heavy atom. The summed E-state index contributed by atoms with van der Waals surface area (Å²) in [6.45, 7) is 3.73. The number of hydrogen-bond acceptors (Lipinski definition) is 5. The molecule has 0 amide bonds. The van der Waals surface area contributed by atoms with Crippen LogP contribution in [0.2, 0.25) is 0 Å². The average molecular weight is 274 g/mol. The van der Waals surface area contributed by atoms with Gasteiger partial charge >= 0.3 is 0 Å². The van der Waals surface area contributed by atoms with Crippen molar-refractivity contribution in [3.05, 3.63) is 29.8 Å². The molecule has 6 nitrogen and oxygen atoms in total. The van der Waals surface area contributed by atoms with Crippen molar-refractivity contribution in [1.29, 1.82) is 0 Å². The lowest BCUT2D eigenvalue weighted by Crippen LogP contribution is -2.10. The first-order valence-corrected chi connectivity index (χ1v) is 6.97. The summed E-state index contributed by atoms with van der Waals surface area (Å²) in [4.78, 5) is 2.09. The molecule has 0 radical (unpaired) electrons. The molecule has 0 fully saturated rings. The monoisotopic (exact) mass is 274 g/mol.